The van der Waals surface area contributed by atoms with Gasteiger partial charge >= 0.3 is 0 Å². The zero-order valence-corrected chi connectivity index (χ0v) is 17.7. The molecule has 1 aromatic carbocycles. The average Bonchev–Trinajstić information content (AvgIpc) is 3.15. The number of hydrogen-bond acceptors (Lipinski definition) is 4. The Morgan fingerprint density at radius 2 is 2.07 bits per heavy atom. The van der Waals surface area contributed by atoms with Gasteiger partial charge in [-0.05, 0) is 38.9 Å². The second-order valence-electron chi connectivity index (χ2n) is 7.15. The molecule has 1 amide bonds. The van der Waals surface area contributed by atoms with Crippen LogP contribution in [0.15, 0.2) is 29.3 Å². The van der Waals surface area contributed by atoms with Crippen LogP contribution in [-0.4, -0.2) is 74.6 Å². The van der Waals surface area contributed by atoms with E-state index in [1.165, 1.54) is 12.8 Å². The van der Waals surface area contributed by atoms with Crippen molar-refractivity contribution >= 4 is 11.9 Å². The Bertz CT molecular complexity index is 647. The number of nitrogens with one attached hydrogen (secondary N) is 2. The van der Waals surface area contributed by atoms with Gasteiger partial charge < -0.3 is 20.3 Å². The van der Waals surface area contributed by atoms with Gasteiger partial charge in [-0.3, -0.25) is 9.69 Å². The first-order chi connectivity index (χ1) is 13.5. The third-order valence-corrected chi connectivity index (χ3v) is 5.00. The largest absolute Gasteiger partial charge is 0.494 e. The molecule has 0 radical (unpaired) electrons. The first kappa shape index (κ1) is 22.0. The fourth-order valence-electron chi connectivity index (χ4n) is 3.34. The minimum Gasteiger partial charge on any atom is -0.494 e. The molecular formula is C21H35N5O2. The van der Waals surface area contributed by atoms with Crippen LogP contribution in [0.1, 0.15) is 32.3 Å². The molecule has 7 heteroatoms. The van der Waals surface area contributed by atoms with Crippen LogP contribution in [0.3, 0.4) is 0 Å². The molecule has 28 heavy (non-hydrogen) atoms. The van der Waals surface area contributed by atoms with E-state index in [9.17, 15) is 4.79 Å². The Hall–Kier alpha value is -2.28. The number of carbonyl (C=O) groups excluding carboxylic acids is 1. The summed E-state index contributed by atoms with van der Waals surface area (Å²) in [7, 11) is 3.51. The SMILES string of the molecule is CCOc1ccccc1CN=C(NCC(=O)N(C)C)NCC1CCCN1CC. The van der Waals surface area contributed by atoms with Crippen molar-refractivity contribution in [3.63, 3.8) is 0 Å². The Morgan fingerprint density at radius 1 is 1.29 bits per heavy atom. The van der Waals surface area contributed by atoms with E-state index in [0.29, 0.717) is 25.2 Å². The molecule has 1 atom stereocenters. The summed E-state index contributed by atoms with van der Waals surface area (Å²) in [5.74, 6) is 1.52. The van der Waals surface area contributed by atoms with Gasteiger partial charge in [-0.2, -0.15) is 0 Å². The number of carbonyl (C=O) groups is 1. The van der Waals surface area contributed by atoms with Crippen molar-refractivity contribution in [2.24, 2.45) is 4.99 Å². The van der Waals surface area contributed by atoms with Crippen LogP contribution >= 0.6 is 0 Å². The highest BCUT2D eigenvalue weighted by Gasteiger charge is 2.22. The number of rotatable bonds is 9. The molecule has 1 fully saturated rings. The van der Waals surface area contributed by atoms with E-state index in [1.807, 2.05) is 31.2 Å². The van der Waals surface area contributed by atoms with E-state index in [1.54, 1.807) is 19.0 Å². The number of benzene rings is 1. The van der Waals surface area contributed by atoms with E-state index in [0.717, 1.165) is 30.9 Å². The Balaban J connectivity index is 2.04. The van der Waals surface area contributed by atoms with Gasteiger partial charge in [0.1, 0.15) is 5.75 Å². The summed E-state index contributed by atoms with van der Waals surface area (Å²) in [6.07, 6.45) is 2.43. The summed E-state index contributed by atoms with van der Waals surface area (Å²) in [4.78, 5) is 20.7. The summed E-state index contributed by atoms with van der Waals surface area (Å²) in [5, 5.41) is 6.60. The first-order valence-corrected chi connectivity index (χ1v) is 10.2. The molecule has 0 aromatic heterocycles. The van der Waals surface area contributed by atoms with Gasteiger partial charge in [0.25, 0.3) is 0 Å². The number of aliphatic imine (C=N–C) groups is 1. The van der Waals surface area contributed by atoms with Crippen LogP contribution < -0.4 is 15.4 Å². The predicted molar refractivity (Wildman–Crippen MR) is 114 cm³/mol. The van der Waals surface area contributed by atoms with Crippen molar-refractivity contribution in [1.82, 2.24) is 20.4 Å². The van der Waals surface area contributed by atoms with E-state index < -0.39 is 0 Å². The lowest BCUT2D eigenvalue weighted by molar-refractivity contribution is -0.127. The van der Waals surface area contributed by atoms with Crippen LogP contribution in [0.2, 0.25) is 0 Å². The van der Waals surface area contributed by atoms with E-state index in [-0.39, 0.29) is 12.5 Å². The molecule has 1 saturated heterocycles. The molecule has 0 saturated carbocycles. The van der Waals surface area contributed by atoms with Crippen LogP contribution in [0.4, 0.5) is 0 Å². The van der Waals surface area contributed by atoms with Crippen molar-refractivity contribution in [2.75, 3.05) is 46.9 Å². The molecule has 1 aromatic rings. The van der Waals surface area contributed by atoms with Gasteiger partial charge in [-0.15, -0.1) is 0 Å². The summed E-state index contributed by atoms with van der Waals surface area (Å²) < 4.78 is 5.69. The van der Waals surface area contributed by atoms with Crippen molar-refractivity contribution in [1.29, 1.82) is 0 Å². The van der Waals surface area contributed by atoms with Crippen LogP contribution in [0.25, 0.3) is 0 Å². The van der Waals surface area contributed by atoms with E-state index in [2.05, 4.69) is 22.5 Å². The first-order valence-electron chi connectivity index (χ1n) is 10.2. The highest BCUT2D eigenvalue weighted by Crippen LogP contribution is 2.19. The second kappa shape index (κ2) is 11.5. The average molecular weight is 390 g/mol. The molecule has 0 bridgehead atoms. The molecule has 0 aliphatic carbocycles. The number of hydrogen-bond donors (Lipinski definition) is 2. The number of likely N-dealkylation sites (tertiary alicyclic amines) is 1. The minimum atomic E-state index is 0.0141. The number of guanidine groups is 1. The lowest BCUT2D eigenvalue weighted by Gasteiger charge is -2.24. The number of amides is 1. The van der Waals surface area contributed by atoms with Crippen LogP contribution in [0, 0.1) is 0 Å². The van der Waals surface area contributed by atoms with Gasteiger partial charge in [-0.1, -0.05) is 25.1 Å². The zero-order chi connectivity index (χ0) is 20.4. The van der Waals surface area contributed by atoms with Crippen molar-refractivity contribution in [2.45, 2.75) is 39.3 Å². The number of para-hydroxylation sites is 1. The van der Waals surface area contributed by atoms with Crippen molar-refractivity contribution in [3.8, 4) is 5.75 Å². The third-order valence-electron chi connectivity index (χ3n) is 5.00. The number of likely N-dealkylation sites (N-methyl/N-ethyl adjacent to an activating group) is 2. The van der Waals surface area contributed by atoms with Crippen LogP contribution in [-0.2, 0) is 11.3 Å². The molecule has 1 aliphatic heterocycles. The fourth-order valence-corrected chi connectivity index (χ4v) is 3.34. The van der Waals surface area contributed by atoms with Gasteiger partial charge in [0.15, 0.2) is 5.96 Å². The normalized spacial score (nSPS) is 17.4. The molecule has 1 unspecified atom stereocenters. The number of nitrogens with zero attached hydrogens (tertiary/aromatic N) is 3. The predicted octanol–water partition coefficient (Wildman–Crippen LogP) is 1.69. The molecule has 2 rings (SSSR count). The highest BCUT2D eigenvalue weighted by atomic mass is 16.5. The quantitative estimate of drug-likeness (QED) is 0.497. The van der Waals surface area contributed by atoms with Gasteiger partial charge in [0.2, 0.25) is 5.91 Å². The summed E-state index contributed by atoms with van der Waals surface area (Å²) in [5.41, 5.74) is 1.03. The lowest BCUT2D eigenvalue weighted by Crippen LogP contribution is -2.47. The molecule has 0 spiro atoms. The van der Waals surface area contributed by atoms with Gasteiger partial charge in [0.05, 0.1) is 19.7 Å². The molecule has 7 nitrogen and oxygen atoms in total. The van der Waals surface area contributed by atoms with Crippen LogP contribution in [0.5, 0.6) is 5.75 Å². The third kappa shape index (κ3) is 6.71. The minimum absolute atomic E-state index is 0.0141. The summed E-state index contributed by atoms with van der Waals surface area (Å²) in [6, 6.07) is 8.44. The summed E-state index contributed by atoms with van der Waals surface area (Å²) in [6.45, 7) is 8.54. The molecule has 1 aliphatic rings. The highest BCUT2D eigenvalue weighted by molar-refractivity contribution is 5.86. The van der Waals surface area contributed by atoms with Crippen molar-refractivity contribution < 1.29 is 9.53 Å². The maximum Gasteiger partial charge on any atom is 0.241 e. The van der Waals surface area contributed by atoms with Gasteiger partial charge in [-0.25, -0.2) is 4.99 Å². The zero-order valence-electron chi connectivity index (χ0n) is 17.7. The Kier molecular flexibility index (Phi) is 9.07. The molecule has 156 valence electrons. The smallest absolute Gasteiger partial charge is 0.241 e. The number of ether oxygens (including phenoxy) is 1. The lowest BCUT2D eigenvalue weighted by atomic mass is 10.2. The monoisotopic (exact) mass is 389 g/mol. The van der Waals surface area contributed by atoms with Crippen molar-refractivity contribution in [3.05, 3.63) is 29.8 Å². The molecular weight excluding hydrogens is 354 g/mol. The maximum absolute atomic E-state index is 12.0. The van der Waals surface area contributed by atoms with E-state index in [4.69, 9.17) is 9.73 Å². The standard InChI is InChI=1S/C21H35N5O2/c1-5-26-13-9-11-18(26)15-23-21(24-16-20(27)25(3)4)22-14-17-10-7-8-12-19(17)28-6-2/h7-8,10,12,18H,5-6,9,11,13-16H2,1-4H3,(H2,22,23,24). The second-order valence-corrected chi connectivity index (χ2v) is 7.15. The molecule has 1 heterocycles. The fraction of sp³-hybridized carbons (Fsp3) is 0.619. The Morgan fingerprint density at radius 3 is 2.79 bits per heavy atom. The topological polar surface area (TPSA) is 69.2 Å². The van der Waals surface area contributed by atoms with E-state index >= 15 is 0 Å². The molecule has 2 N–H and O–H groups in total. The summed E-state index contributed by atoms with van der Waals surface area (Å²) >= 11 is 0. The Labute approximate surface area is 169 Å². The maximum atomic E-state index is 12.0. The van der Waals surface area contributed by atoms with Gasteiger partial charge in [0, 0.05) is 32.2 Å².